The molecule has 1 atom stereocenters. The second-order valence-electron chi connectivity index (χ2n) is 1.16. The molecular formula is C6H6Cl2. The predicted molar refractivity (Wildman–Crippen MR) is 37.6 cm³/mol. The highest BCUT2D eigenvalue weighted by Gasteiger charge is 1.91. The smallest absolute Gasteiger partial charge is 0.0731 e. The molecule has 0 saturated heterocycles. The summed E-state index contributed by atoms with van der Waals surface area (Å²) in [6.07, 6.45) is 1.61. The van der Waals surface area contributed by atoms with Crippen LogP contribution in [-0.2, 0) is 0 Å². The lowest BCUT2D eigenvalue weighted by Gasteiger charge is -1.88. The minimum atomic E-state index is -0.147. The van der Waals surface area contributed by atoms with Gasteiger partial charge < -0.3 is 0 Å². The number of rotatable bonds is 2. The van der Waals surface area contributed by atoms with Gasteiger partial charge in [0.05, 0.1) is 5.38 Å². The van der Waals surface area contributed by atoms with Gasteiger partial charge in [-0.15, -0.1) is 23.2 Å². The maximum absolute atomic E-state index is 5.53. The fraction of sp³-hybridized carbons (Fsp3) is 0.333. The Labute approximate surface area is 59.1 Å². The number of hydrogen-bond donors (Lipinski definition) is 0. The van der Waals surface area contributed by atoms with Crippen molar-refractivity contribution in [1.29, 1.82) is 0 Å². The molecule has 0 aliphatic carbocycles. The fourth-order valence-corrected chi connectivity index (χ4v) is 0.346. The SMILES string of the molecule is C=C=C=CC(Cl)CCl. The van der Waals surface area contributed by atoms with Crippen molar-refractivity contribution in [2.24, 2.45) is 0 Å². The van der Waals surface area contributed by atoms with Gasteiger partial charge in [0.1, 0.15) is 0 Å². The van der Waals surface area contributed by atoms with E-state index in [-0.39, 0.29) is 5.38 Å². The topological polar surface area (TPSA) is 0 Å². The molecule has 0 heterocycles. The van der Waals surface area contributed by atoms with Crippen molar-refractivity contribution in [1.82, 2.24) is 0 Å². The summed E-state index contributed by atoms with van der Waals surface area (Å²) in [7, 11) is 0. The maximum Gasteiger partial charge on any atom is 0.0731 e. The van der Waals surface area contributed by atoms with E-state index in [1.165, 1.54) is 0 Å². The Morgan fingerprint density at radius 1 is 1.75 bits per heavy atom. The number of hydrogen-bond acceptors (Lipinski definition) is 0. The van der Waals surface area contributed by atoms with Crippen LogP contribution in [0.2, 0.25) is 0 Å². The van der Waals surface area contributed by atoms with Crippen molar-refractivity contribution < 1.29 is 0 Å². The molecule has 0 aromatic rings. The summed E-state index contributed by atoms with van der Waals surface area (Å²) in [5, 5.41) is -0.147. The molecule has 8 heavy (non-hydrogen) atoms. The third kappa shape index (κ3) is 4.05. The van der Waals surface area contributed by atoms with E-state index in [4.69, 9.17) is 23.2 Å². The number of halogens is 2. The predicted octanol–water partition coefficient (Wildman–Crippen LogP) is 2.33. The Morgan fingerprint density at radius 2 is 2.38 bits per heavy atom. The van der Waals surface area contributed by atoms with Crippen LogP contribution in [0.15, 0.2) is 24.1 Å². The standard InChI is InChI=1S/C6H6Cl2/c1-2-3-4-6(8)5-7/h4,6H,1,5H2. The van der Waals surface area contributed by atoms with Gasteiger partial charge in [0, 0.05) is 5.88 Å². The van der Waals surface area contributed by atoms with Crippen molar-refractivity contribution in [2.75, 3.05) is 5.88 Å². The van der Waals surface area contributed by atoms with Crippen LogP contribution in [0.3, 0.4) is 0 Å². The van der Waals surface area contributed by atoms with Crippen molar-refractivity contribution >= 4 is 23.2 Å². The zero-order valence-electron chi connectivity index (χ0n) is 4.32. The Hall–Kier alpha value is -0.120. The quantitative estimate of drug-likeness (QED) is 0.417. The largest absolute Gasteiger partial charge is 0.125 e. The molecule has 0 radical (unpaired) electrons. The van der Waals surface area contributed by atoms with Crippen LogP contribution in [0.25, 0.3) is 0 Å². The molecule has 0 amide bonds. The molecule has 2 heteroatoms. The zero-order chi connectivity index (χ0) is 6.41. The van der Waals surface area contributed by atoms with E-state index < -0.39 is 0 Å². The molecule has 0 rings (SSSR count). The van der Waals surface area contributed by atoms with Crippen LogP contribution >= 0.6 is 23.2 Å². The first-order valence-corrected chi connectivity index (χ1v) is 3.09. The summed E-state index contributed by atoms with van der Waals surface area (Å²) in [4.78, 5) is 0. The summed E-state index contributed by atoms with van der Waals surface area (Å²) in [6, 6.07) is 0. The van der Waals surface area contributed by atoms with Gasteiger partial charge >= 0.3 is 0 Å². The first-order valence-electron chi connectivity index (χ1n) is 2.12. The molecule has 44 valence electrons. The molecular weight excluding hydrogens is 143 g/mol. The van der Waals surface area contributed by atoms with Gasteiger partial charge in [-0.05, 0) is 12.7 Å². The van der Waals surface area contributed by atoms with E-state index in [0.29, 0.717) is 5.88 Å². The molecule has 0 aromatic heterocycles. The highest BCUT2D eigenvalue weighted by atomic mass is 35.5. The molecule has 0 nitrogen and oxygen atoms in total. The average Bonchev–Trinajstić information content (AvgIpc) is 1.83. The van der Waals surface area contributed by atoms with Gasteiger partial charge in [0.15, 0.2) is 0 Å². The lowest BCUT2D eigenvalue weighted by Crippen LogP contribution is -1.91. The van der Waals surface area contributed by atoms with E-state index in [0.717, 1.165) is 0 Å². The molecule has 0 N–H and O–H groups in total. The highest BCUT2D eigenvalue weighted by Crippen LogP contribution is 1.97. The van der Waals surface area contributed by atoms with Gasteiger partial charge in [-0.25, -0.2) is 0 Å². The third-order valence-electron chi connectivity index (χ3n) is 0.514. The van der Waals surface area contributed by atoms with Gasteiger partial charge in [0.2, 0.25) is 0 Å². The molecule has 0 bridgehead atoms. The van der Waals surface area contributed by atoms with Crippen LogP contribution < -0.4 is 0 Å². The second-order valence-corrected chi connectivity index (χ2v) is 2.03. The molecule has 0 fully saturated rings. The van der Waals surface area contributed by atoms with Gasteiger partial charge in [-0.3, -0.25) is 0 Å². The van der Waals surface area contributed by atoms with Crippen molar-refractivity contribution in [2.45, 2.75) is 5.38 Å². The Bertz CT molecular complexity index is 127. The molecule has 0 aliphatic rings. The first-order chi connectivity index (χ1) is 3.81. The summed E-state index contributed by atoms with van der Waals surface area (Å²) < 4.78 is 0. The van der Waals surface area contributed by atoms with Crippen LogP contribution in [0.5, 0.6) is 0 Å². The number of alkyl halides is 2. The van der Waals surface area contributed by atoms with Gasteiger partial charge in [-0.2, -0.15) is 0 Å². The Kier molecular flexibility index (Phi) is 4.95. The summed E-state index contributed by atoms with van der Waals surface area (Å²) >= 11 is 10.9. The second kappa shape index (κ2) is 5.03. The van der Waals surface area contributed by atoms with E-state index in [1.807, 2.05) is 0 Å². The maximum atomic E-state index is 5.53. The van der Waals surface area contributed by atoms with Crippen LogP contribution in [0.1, 0.15) is 0 Å². The zero-order valence-corrected chi connectivity index (χ0v) is 5.84. The molecule has 0 saturated carbocycles. The fourth-order valence-electron chi connectivity index (χ4n) is 0.194. The molecule has 0 aliphatic heterocycles. The Balaban J connectivity index is 3.69. The normalized spacial score (nSPS) is 11.2. The van der Waals surface area contributed by atoms with Crippen molar-refractivity contribution in [3.63, 3.8) is 0 Å². The summed E-state index contributed by atoms with van der Waals surface area (Å²) in [5.74, 6) is 0.399. The number of allylic oxidation sites excluding steroid dienone is 1. The van der Waals surface area contributed by atoms with E-state index >= 15 is 0 Å². The monoisotopic (exact) mass is 148 g/mol. The lowest BCUT2D eigenvalue weighted by molar-refractivity contribution is 1.25. The summed E-state index contributed by atoms with van der Waals surface area (Å²) in [6.45, 7) is 3.30. The summed E-state index contributed by atoms with van der Waals surface area (Å²) in [5.41, 5.74) is 5.03. The molecule has 0 aromatic carbocycles. The third-order valence-corrected chi connectivity index (χ3v) is 1.28. The minimum absolute atomic E-state index is 0.147. The molecule has 1 unspecified atom stereocenters. The Morgan fingerprint density at radius 3 is 2.75 bits per heavy atom. The highest BCUT2D eigenvalue weighted by molar-refractivity contribution is 6.28. The van der Waals surface area contributed by atoms with Crippen LogP contribution in [0.4, 0.5) is 0 Å². The van der Waals surface area contributed by atoms with E-state index in [2.05, 4.69) is 18.0 Å². The first kappa shape index (κ1) is 7.88. The van der Waals surface area contributed by atoms with Gasteiger partial charge in [0.25, 0.3) is 0 Å². The lowest BCUT2D eigenvalue weighted by atomic mass is 10.4. The van der Waals surface area contributed by atoms with E-state index in [9.17, 15) is 0 Å². The molecule has 0 spiro atoms. The van der Waals surface area contributed by atoms with Crippen LogP contribution in [0, 0.1) is 0 Å². The van der Waals surface area contributed by atoms with Crippen molar-refractivity contribution in [3.05, 3.63) is 24.1 Å². The van der Waals surface area contributed by atoms with Crippen molar-refractivity contribution in [3.8, 4) is 0 Å². The van der Waals surface area contributed by atoms with E-state index in [1.54, 1.807) is 6.08 Å². The minimum Gasteiger partial charge on any atom is -0.125 e. The van der Waals surface area contributed by atoms with Gasteiger partial charge in [-0.1, -0.05) is 11.5 Å². The average molecular weight is 149 g/mol. The van der Waals surface area contributed by atoms with Crippen LogP contribution in [-0.4, -0.2) is 11.3 Å².